The lowest BCUT2D eigenvalue weighted by Crippen LogP contribution is -2.52. The Morgan fingerprint density at radius 3 is 2.50 bits per heavy atom. The number of anilines is 1. The monoisotopic (exact) mass is 360 g/mol. The summed E-state index contributed by atoms with van der Waals surface area (Å²) in [5.41, 5.74) is 1.26. The van der Waals surface area contributed by atoms with E-state index in [4.69, 9.17) is 23.8 Å². The van der Waals surface area contributed by atoms with Crippen molar-refractivity contribution in [3.8, 4) is 0 Å². The van der Waals surface area contributed by atoms with Crippen LogP contribution in [0.1, 0.15) is 5.56 Å². The highest BCUT2D eigenvalue weighted by Crippen LogP contribution is 2.13. The maximum atomic E-state index is 5.90. The number of nitrogens with zero attached hydrogens (tertiary/aromatic N) is 3. The number of hydrogen-bond donors (Lipinski definition) is 1. The minimum Gasteiger partial charge on any atom is -0.362 e. The van der Waals surface area contributed by atoms with Gasteiger partial charge in [-0.1, -0.05) is 29.8 Å². The molecule has 0 unspecified atom stereocenters. The highest BCUT2D eigenvalue weighted by Gasteiger charge is 2.19. The van der Waals surface area contributed by atoms with Crippen LogP contribution < -0.4 is 10.2 Å². The number of piperazine rings is 1. The van der Waals surface area contributed by atoms with Crippen molar-refractivity contribution in [1.82, 2.24) is 15.2 Å². The van der Waals surface area contributed by atoms with Gasteiger partial charge in [-0.25, -0.2) is 4.98 Å². The number of hydrogen-bond acceptors (Lipinski definition) is 3. The predicted molar refractivity (Wildman–Crippen MR) is 104 cm³/mol. The molecule has 3 rings (SSSR count). The molecule has 126 valence electrons. The molecule has 2 aromatic rings. The molecule has 0 saturated carbocycles. The Morgan fingerprint density at radius 2 is 1.83 bits per heavy atom. The lowest BCUT2D eigenvalue weighted by Gasteiger charge is -2.36. The van der Waals surface area contributed by atoms with Gasteiger partial charge in [-0.15, -0.1) is 0 Å². The number of benzene rings is 1. The van der Waals surface area contributed by atoms with E-state index in [2.05, 4.69) is 38.3 Å². The largest absolute Gasteiger partial charge is 0.362 e. The zero-order valence-electron chi connectivity index (χ0n) is 13.5. The molecule has 0 spiro atoms. The van der Waals surface area contributed by atoms with E-state index >= 15 is 0 Å². The molecule has 1 aliphatic rings. The highest BCUT2D eigenvalue weighted by atomic mass is 35.5. The molecule has 1 aliphatic heterocycles. The molecule has 1 aromatic heterocycles. The number of halogens is 1. The van der Waals surface area contributed by atoms with E-state index in [1.54, 1.807) is 0 Å². The van der Waals surface area contributed by atoms with Gasteiger partial charge in [0.1, 0.15) is 5.82 Å². The van der Waals surface area contributed by atoms with Crippen molar-refractivity contribution >= 4 is 34.7 Å². The first-order valence-corrected chi connectivity index (χ1v) is 8.94. The lowest BCUT2D eigenvalue weighted by molar-refractivity contribution is 0.379. The fourth-order valence-electron chi connectivity index (χ4n) is 2.76. The minimum absolute atomic E-state index is 0.771. The van der Waals surface area contributed by atoms with Crippen molar-refractivity contribution in [2.24, 2.45) is 0 Å². The Bertz CT molecular complexity index is 654. The zero-order valence-corrected chi connectivity index (χ0v) is 15.1. The van der Waals surface area contributed by atoms with Crippen LogP contribution in [0.2, 0.25) is 5.02 Å². The van der Waals surface area contributed by atoms with Crippen molar-refractivity contribution in [2.75, 3.05) is 37.6 Å². The average molecular weight is 361 g/mol. The third-order valence-corrected chi connectivity index (χ3v) is 4.80. The van der Waals surface area contributed by atoms with E-state index in [0.717, 1.165) is 55.1 Å². The molecule has 0 aliphatic carbocycles. The zero-order chi connectivity index (χ0) is 16.8. The standard InChI is InChI=1S/C18H21ClN4S/c19-16-6-4-15(5-7-16)8-10-21-18(24)23-13-11-22(12-14-23)17-3-1-2-9-20-17/h1-7,9H,8,10-14H2,(H,21,24). The first-order valence-electron chi connectivity index (χ1n) is 8.15. The Hall–Kier alpha value is -1.85. The maximum absolute atomic E-state index is 5.90. The van der Waals surface area contributed by atoms with Gasteiger partial charge in [-0.2, -0.15) is 0 Å². The van der Waals surface area contributed by atoms with Crippen molar-refractivity contribution in [3.63, 3.8) is 0 Å². The number of thiocarbonyl (C=S) groups is 1. The van der Waals surface area contributed by atoms with Gasteiger partial charge in [-0.3, -0.25) is 0 Å². The second kappa shape index (κ2) is 8.31. The third-order valence-electron chi connectivity index (χ3n) is 4.14. The number of pyridine rings is 1. The van der Waals surface area contributed by atoms with Crippen LogP contribution >= 0.6 is 23.8 Å². The van der Waals surface area contributed by atoms with Gasteiger partial charge < -0.3 is 15.1 Å². The minimum atomic E-state index is 0.771. The molecule has 1 aromatic carbocycles. The first kappa shape index (κ1) is 17.0. The Balaban J connectivity index is 1.41. The summed E-state index contributed by atoms with van der Waals surface area (Å²) in [6.45, 7) is 4.56. The molecule has 2 heterocycles. The normalized spacial score (nSPS) is 14.5. The summed E-state index contributed by atoms with van der Waals surface area (Å²) in [7, 11) is 0. The van der Waals surface area contributed by atoms with Crippen LogP contribution in [0.5, 0.6) is 0 Å². The van der Waals surface area contributed by atoms with Gasteiger partial charge in [0, 0.05) is 43.9 Å². The molecular formula is C18H21ClN4S. The van der Waals surface area contributed by atoms with Crippen LogP contribution in [0.3, 0.4) is 0 Å². The fourth-order valence-corrected chi connectivity index (χ4v) is 3.17. The van der Waals surface area contributed by atoms with Gasteiger partial charge >= 0.3 is 0 Å². The second-order valence-corrected chi connectivity index (χ2v) is 6.59. The van der Waals surface area contributed by atoms with E-state index in [-0.39, 0.29) is 0 Å². The fraction of sp³-hybridized carbons (Fsp3) is 0.333. The van der Waals surface area contributed by atoms with Crippen LogP contribution in [0, 0.1) is 0 Å². The van der Waals surface area contributed by atoms with Crippen molar-refractivity contribution < 1.29 is 0 Å². The molecule has 1 saturated heterocycles. The molecule has 1 fully saturated rings. The van der Waals surface area contributed by atoms with Gasteiger partial charge in [0.25, 0.3) is 0 Å². The molecule has 4 nitrogen and oxygen atoms in total. The molecule has 0 atom stereocenters. The van der Waals surface area contributed by atoms with Crippen molar-refractivity contribution in [2.45, 2.75) is 6.42 Å². The second-order valence-electron chi connectivity index (χ2n) is 5.77. The van der Waals surface area contributed by atoms with Gasteiger partial charge in [-0.05, 0) is 48.5 Å². The highest BCUT2D eigenvalue weighted by molar-refractivity contribution is 7.80. The Kier molecular flexibility index (Phi) is 5.88. The topological polar surface area (TPSA) is 31.4 Å². The Labute approximate surface area is 153 Å². The van der Waals surface area contributed by atoms with E-state index in [0.29, 0.717) is 0 Å². The summed E-state index contributed by atoms with van der Waals surface area (Å²) in [6, 6.07) is 14.0. The summed E-state index contributed by atoms with van der Waals surface area (Å²) in [6.07, 6.45) is 2.77. The summed E-state index contributed by atoms with van der Waals surface area (Å²) in [5, 5.41) is 4.97. The van der Waals surface area contributed by atoms with Gasteiger partial charge in [0.05, 0.1) is 0 Å². The van der Waals surface area contributed by atoms with Crippen LogP contribution in [0.25, 0.3) is 0 Å². The van der Waals surface area contributed by atoms with Crippen molar-refractivity contribution in [3.05, 3.63) is 59.2 Å². The maximum Gasteiger partial charge on any atom is 0.169 e. The molecule has 1 N–H and O–H groups in total. The van der Waals surface area contributed by atoms with Gasteiger partial charge in [0.2, 0.25) is 0 Å². The molecular weight excluding hydrogens is 340 g/mol. The van der Waals surface area contributed by atoms with Crippen LogP contribution in [0.15, 0.2) is 48.7 Å². The Morgan fingerprint density at radius 1 is 1.08 bits per heavy atom. The molecule has 0 bridgehead atoms. The predicted octanol–water partition coefficient (Wildman–Crippen LogP) is 2.97. The summed E-state index contributed by atoms with van der Waals surface area (Å²) in [4.78, 5) is 8.94. The smallest absolute Gasteiger partial charge is 0.169 e. The SMILES string of the molecule is S=C(NCCc1ccc(Cl)cc1)N1CCN(c2ccccn2)CC1. The molecule has 0 amide bonds. The number of aromatic nitrogens is 1. The van der Waals surface area contributed by atoms with Crippen LogP contribution in [-0.4, -0.2) is 47.7 Å². The first-order chi connectivity index (χ1) is 11.7. The van der Waals surface area contributed by atoms with E-state index < -0.39 is 0 Å². The summed E-state index contributed by atoms with van der Waals surface area (Å²) < 4.78 is 0. The number of nitrogens with one attached hydrogen (secondary N) is 1. The quantitative estimate of drug-likeness (QED) is 0.847. The van der Waals surface area contributed by atoms with E-state index in [9.17, 15) is 0 Å². The summed E-state index contributed by atoms with van der Waals surface area (Å²) in [5.74, 6) is 1.04. The van der Waals surface area contributed by atoms with E-state index in [1.807, 2.05) is 30.5 Å². The third kappa shape index (κ3) is 4.58. The van der Waals surface area contributed by atoms with Gasteiger partial charge in [0.15, 0.2) is 5.11 Å². The molecule has 24 heavy (non-hydrogen) atoms. The van der Waals surface area contributed by atoms with E-state index in [1.165, 1.54) is 5.56 Å². The van der Waals surface area contributed by atoms with Crippen molar-refractivity contribution in [1.29, 1.82) is 0 Å². The van der Waals surface area contributed by atoms with Crippen LogP contribution in [0.4, 0.5) is 5.82 Å². The average Bonchev–Trinajstić information content (AvgIpc) is 2.64. The summed E-state index contributed by atoms with van der Waals surface area (Å²) >= 11 is 11.4. The molecule has 0 radical (unpaired) electrons. The molecule has 6 heteroatoms. The number of rotatable bonds is 4. The lowest BCUT2D eigenvalue weighted by atomic mass is 10.1. The van der Waals surface area contributed by atoms with Crippen LogP contribution in [-0.2, 0) is 6.42 Å².